The standard InChI is InChI=1S/C54H36N4O/c1-54(2)43-25-12-9-22-37(43)41-32-47-42(31-44(41)54)38-23-10-13-26-45(38)58(47)46-29-28-40(50-49(46)39-24-11-14-27-48(39)59-50)53-56-51(34-18-7-4-8-19-34)55-52(57-53)36-21-15-20-35(30-36)33-16-5-3-6-17-33/h3-32H,1-2H3. The van der Waals surface area contributed by atoms with Gasteiger partial charge in [0.1, 0.15) is 11.2 Å². The van der Waals surface area contributed by atoms with Gasteiger partial charge >= 0.3 is 0 Å². The van der Waals surface area contributed by atoms with Gasteiger partial charge in [0.05, 0.1) is 27.7 Å². The molecule has 0 spiro atoms. The number of rotatable bonds is 5. The van der Waals surface area contributed by atoms with Crippen LogP contribution in [0.1, 0.15) is 25.0 Å². The number of hydrogen-bond donors (Lipinski definition) is 0. The summed E-state index contributed by atoms with van der Waals surface area (Å²) in [5.41, 5.74) is 14.9. The van der Waals surface area contributed by atoms with Crippen molar-refractivity contribution in [2.24, 2.45) is 0 Å². The second-order valence-corrected chi connectivity index (χ2v) is 16.0. The van der Waals surface area contributed by atoms with Gasteiger partial charge in [-0.3, -0.25) is 0 Å². The molecule has 8 aromatic carbocycles. The topological polar surface area (TPSA) is 56.7 Å². The smallest absolute Gasteiger partial charge is 0.167 e. The average Bonchev–Trinajstić information content (AvgIpc) is 3.92. The first-order chi connectivity index (χ1) is 29.0. The number of benzene rings is 8. The highest BCUT2D eigenvalue weighted by atomic mass is 16.3. The molecule has 3 heterocycles. The monoisotopic (exact) mass is 756 g/mol. The minimum Gasteiger partial charge on any atom is -0.455 e. The molecule has 0 bridgehead atoms. The minimum atomic E-state index is -0.107. The fourth-order valence-corrected chi connectivity index (χ4v) is 9.41. The Kier molecular flexibility index (Phi) is 7.20. The third-order valence-corrected chi connectivity index (χ3v) is 12.3. The summed E-state index contributed by atoms with van der Waals surface area (Å²) in [7, 11) is 0. The Labute approximate surface area is 340 Å². The van der Waals surface area contributed by atoms with E-state index in [1.807, 2.05) is 48.5 Å². The third-order valence-electron chi connectivity index (χ3n) is 12.3. The summed E-state index contributed by atoms with van der Waals surface area (Å²) in [5, 5.41) is 4.49. The van der Waals surface area contributed by atoms with E-state index < -0.39 is 0 Å². The molecular weight excluding hydrogens is 721 g/mol. The van der Waals surface area contributed by atoms with Gasteiger partial charge in [0.2, 0.25) is 0 Å². The lowest BCUT2D eigenvalue weighted by molar-refractivity contribution is 0.661. The van der Waals surface area contributed by atoms with Crippen LogP contribution in [0.3, 0.4) is 0 Å². The van der Waals surface area contributed by atoms with Gasteiger partial charge in [-0.15, -0.1) is 0 Å². The molecule has 59 heavy (non-hydrogen) atoms. The Morgan fingerprint density at radius 1 is 0.424 bits per heavy atom. The van der Waals surface area contributed by atoms with Crippen molar-refractivity contribution in [3.05, 3.63) is 193 Å². The molecule has 3 aromatic heterocycles. The van der Waals surface area contributed by atoms with Crippen LogP contribution in [0.15, 0.2) is 186 Å². The Hall–Kier alpha value is -7.63. The molecule has 0 atom stereocenters. The van der Waals surface area contributed by atoms with Gasteiger partial charge < -0.3 is 8.98 Å². The van der Waals surface area contributed by atoms with E-state index in [4.69, 9.17) is 19.4 Å². The van der Waals surface area contributed by atoms with E-state index >= 15 is 0 Å². The fraction of sp³-hybridized carbons (Fsp3) is 0.0556. The summed E-state index contributed by atoms with van der Waals surface area (Å²) in [5.74, 6) is 1.75. The second kappa shape index (κ2) is 12.7. The molecular formula is C54H36N4O. The molecule has 0 amide bonds. The van der Waals surface area contributed by atoms with Crippen LogP contribution >= 0.6 is 0 Å². The van der Waals surface area contributed by atoms with E-state index in [0.29, 0.717) is 17.5 Å². The van der Waals surface area contributed by atoms with Crippen LogP contribution in [-0.4, -0.2) is 19.5 Å². The highest BCUT2D eigenvalue weighted by Gasteiger charge is 2.36. The van der Waals surface area contributed by atoms with E-state index in [-0.39, 0.29) is 5.41 Å². The van der Waals surface area contributed by atoms with Crippen LogP contribution in [0.2, 0.25) is 0 Å². The fourth-order valence-electron chi connectivity index (χ4n) is 9.41. The van der Waals surface area contributed by atoms with Crippen molar-refractivity contribution in [2.75, 3.05) is 0 Å². The van der Waals surface area contributed by atoms with Crippen molar-refractivity contribution >= 4 is 43.7 Å². The zero-order valence-electron chi connectivity index (χ0n) is 32.5. The van der Waals surface area contributed by atoms with Gasteiger partial charge in [-0.1, -0.05) is 153 Å². The van der Waals surface area contributed by atoms with Gasteiger partial charge in [0.15, 0.2) is 17.5 Å². The van der Waals surface area contributed by atoms with Gasteiger partial charge in [-0.2, -0.15) is 0 Å². The van der Waals surface area contributed by atoms with Gasteiger partial charge in [-0.05, 0) is 75.8 Å². The van der Waals surface area contributed by atoms with Gasteiger partial charge in [0, 0.05) is 32.7 Å². The summed E-state index contributed by atoms with van der Waals surface area (Å²) in [4.78, 5) is 15.5. The van der Waals surface area contributed by atoms with E-state index in [2.05, 4.69) is 152 Å². The van der Waals surface area contributed by atoms with Crippen molar-refractivity contribution in [3.8, 4) is 62.1 Å². The summed E-state index contributed by atoms with van der Waals surface area (Å²) in [6, 6.07) is 64.1. The van der Waals surface area contributed by atoms with Crippen molar-refractivity contribution in [3.63, 3.8) is 0 Å². The largest absolute Gasteiger partial charge is 0.455 e. The number of para-hydroxylation sites is 2. The van der Waals surface area contributed by atoms with Crippen molar-refractivity contribution in [2.45, 2.75) is 19.3 Å². The molecule has 12 rings (SSSR count). The molecule has 1 aliphatic rings. The van der Waals surface area contributed by atoms with Gasteiger partial charge in [-0.25, -0.2) is 15.0 Å². The lowest BCUT2D eigenvalue weighted by atomic mass is 9.82. The molecule has 5 nitrogen and oxygen atoms in total. The SMILES string of the molecule is CC1(C)c2ccccc2-c2cc3c(cc21)c1ccccc1n3-c1ccc(-c2nc(-c3ccccc3)nc(-c3cccc(-c4ccccc4)c3)n2)c2oc3ccccc3c12. The molecule has 1 aliphatic carbocycles. The van der Waals surface area contributed by atoms with Crippen LogP contribution < -0.4 is 0 Å². The quantitative estimate of drug-likeness (QED) is 0.175. The predicted octanol–water partition coefficient (Wildman–Crippen LogP) is 13.8. The molecule has 5 heteroatoms. The number of hydrogen-bond acceptors (Lipinski definition) is 4. The van der Waals surface area contributed by atoms with E-state index in [1.165, 1.54) is 33.0 Å². The predicted molar refractivity (Wildman–Crippen MR) is 241 cm³/mol. The first-order valence-corrected chi connectivity index (χ1v) is 20.1. The van der Waals surface area contributed by atoms with Crippen LogP contribution in [-0.2, 0) is 5.41 Å². The Morgan fingerprint density at radius 2 is 1.07 bits per heavy atom. The van der Waals surface area contributed by atoms with Gasteiger partial charge in [0.25, 0.3) is 0 Å². The normalized spacial score (nSPS) is 13.1. The first-order valence-electron chi connectivity index (χ1n) is 20.1. The maximum absolute atomic E-state index is 6.90. The first kappa shape index (κ1) is 33.5. The zero-order valence-corrected chi connectivity index (χ0v) is 32.5. The molecule has 0 unspecified atom stereocenters. The number of nitrogens with zero attached hydrogens (tertiary/aromatic N) is 4. The highest BCUT2D eigenvalue weighted by molar-refractivity contribution is 6.17. The molecule has 278 valence electrons. The number of aromatic nitrogens is 4. The Balaban J connectivity index is 1.12. The average molecular weight is 757 g/mol. The molecule has 0 N–H and O–H groups in total. The van der Waals surface area contributed by atoms with Crippen LogP contribution in [0.4, 0.5) is 0 Å². The number of furan rings is 1. The lowest BCUT2D eigenvalue weighted by Gasteiger charge is -2.21. The minimum absolute atomic E-state index is 0.107. The maximum atomic E-state index is 6.90. The molecule has 0 fully saturated rings. The van der Waals surface area contributed by atoms with Crippen LogP contribution in [0.25, 0.3) is 106 Å². The molecule has 0 saturated heterocycles. The summed E-state index contributed by atoms with van der Waals surface area (Å²) in [6.07, 6.45) is 0. The second-order valence-electron chi connectivity index (χ2n) is 16.0. The van der Waals surface area contributed by atoms with E-state index in [1.54, 1.807) is 0 Å². The van der Waals surface area contributed by atoms with Crippen LogP contribution in [0.5, 0.6) is 0 Å². The summed E-state index contributed by atoms with van der Waals surface area (Å²) in [6.45, 7) is 4.69. The van der Waals surface area contributed by atoms with E-state index in [9.17, 15) is 0 Å². The van der Waals surface area contributed by atoms with Crippen LogP contribution in [0, 0.1) is 0 Å². The van der Waals surface area contributed by atoms with E-state index in [0.717, 1.165) is 66.5 Å². The summed E-state index contributed by atoms with van der Waals surface area (Å²) >= 11 is 0. The molecule has 0 radical (unpaired) electrons. The zero-order chi connectivity index (χ0) is 39.2. The Bertz CT molecular complexity index is 3470. The van der Waals surface area contributed by atoms with Crippen molar-refractivity contribution < 1.29 is 4.42 Å². The molecule has 0 saturated carbocycles. The maximum Gasteiger partial charge on any atom is 0.167 e. The lowest BCUT2D eigenvalue weighted by Crippen LogP contribution is -2.14. The summed E-state index contributed by atoms with van der Waals surface area (Å²) < 4.78 is 9.33. The van der Waals surface area contributed by atoms with Crippen molar-refractivity contribution in [1.82, 2.24) is 19.5 Å². The number of fused-ring (bicyclic) bond motifs is 9. The highest BCUT2D eigenvalue weighted by Crippen LogP contribution is 2.51. The van der Waals surface area contributed by atoms with Crippen molar-refractivity contribution in [1.29, 1.82) is 0 Å². The Morgan fingerprint density at radius 3 is 1.90 bits per heavy atom. The molecule has 0 aliphatic heterocycles. The third kappa shape index (κ3) is 5.08. The molecule has 11 aromatic rings.